The van der Waals surface area contributed by atoms with Crippen LogP contribution in [0.2, 0.25) is 0 Å². The lowest BCUT2D eigenvalue weighted by atomic mass is 9.90. The molecule has 1 aliphatic rings. The topological polar surface area (TPSA) is 65.2 Å². The van der Waals surface area contributed by atoms with Crippen molar-refractivity contribution in [1.29, 1.82) is 0 Å². The molecule has 0 heterocycles. The van der Waals surface area contributed by atoms with Gasteiger partial charge in [-0.3, -0.25) is 9.98 Å². The quantitative estimate of drug-likeness (QED) is 0.0645. The Hall–Kier alpha value is -2.66. The average Bonchev–Trinajstić information content (AvgIpc) is 3.13. The van der Waals surface area contributed by atoms with Crippen LogP contribution < -0.4 is 0 Å². The van der Waals surface area contributed by atoms with Gasteiger partial charge in [0.1, 0.15) is 11.5 Å². The lowest BCUT2D eigenvalue weighted by molar-refractivity contribution is -0.929. The Balaban J connectivity index is 1.79. The number of hydrogen-bond acceptors (Lipinski definition) is 4. The second-order valence-corrected chi connectivity index (χ2v) is 16.7. The van der Waals surface area contributed by atoms with E-state index in [-0.39, 0.29) is 23.9 Å². The monoisotopic (exact) mass is 717 g/mol. The maximum absolute atomic E-state index is 11.4. The second-order valence-electron chi connectivity index (χ2n) is 16.7. The van der Waals surface area contributed by atoms with Gasteiger partial charge in [-0.05, 0) is 110 Å². The Kier molecular flexibility index (Phi) is 19.5. The van der Waals surface area contributed by atoms with Gasteiger partial charge in [0.15, 0.2) is 0 Å². The first-order valence-corrected chi connectivity index (χ1v) is 21.7. The minimum Gasteiger partial charge on any atom is -0.507 e. The Morgan fingerprint density at radius 1 is 0.577 bits per heavy atom. The molecule has 2 unspecified atom stereocenters. The van der Waals surface area contributed by atoms with Crippen molar-refractivity contribution in [2.45, 2.75) is 188 Å². The zero-order chi connectivity index (χ0) is 37.9. The first-order valence-electron chi connectivity index (χ1n) is 21.7. The predicted octanol–water partition coefficient (Wildman–Crippen LogP) is 12.5. The van der Waals surface area contributed by atoms with E-state index in [4.69, 9.17) is 9.98 Å². The van der Waals surface area contributed by atoms with Crippen LogP contribution in [0.1, 0.15) is 197 Å². The number of rotatable bonds is 24. The smallest absolute Gasteiger partial charge is 0.127 e. The van der Waals surface area contributed by atoms with Gasteiger partial charge in [0.2, 0.25) is 0 Å². The summed E-state index contributed by atoms with van der Waals surface area (Å²) in [5.41, 5.74) is 6.29. The third-order valence-corrected chi connectivity index (χ3v) is 11.6. The van der Waals surface area contributed by atoms with Crippen LogP contribution in [0.15, 0.2) is 34.3 Å². The molecule has 2 aromatic carbocycles. The van der Waals surface area contributed by atoms with Gasteiger partial charge >= 0.3 is 0 Å². The van der Waals surface area contributed by atoms with Gasteiger partial charge in [-0.25, -0.2) is 0 Å². The van der Waals surface area contributed by atoms with Gasteiger partial charge in [0.05, 0.1) is 38.3 Å². The standard InChI is InChI=1S/C47H77N3O2/c1-9-13-17-22-38-30-40(46(51)42(32-38)36(5)6)34-48-44-24-18-19-25-45(44)49-35-41-31-39(33-43(37(7)8)47(41)52)23-20-21-29-50(26-14-10-2,27-15-11-3)28-16-12-4/h30-37,44-45H,9-29H2,1-8H3,(H-,48,49,51,52)/p+1. The van der Waals surface area contributed by atoms with Gasteiger partial charge in [-0.1, -0.05) is 112 Å². The van der Waals surface area contributed by atoms with Crippen molar-refractivity contribution < 1.29 is 14.7 Å². The van der Waals surface area contributed by atoms with E-state index in [1.807, 2.05) is 12.4 Å². The van der Waals surface area contributed by atoms with Crippen LogP contribution in [0, 0.1) is 0 Å². The summed E-state index contributed by atoms with van der Waals surface area (Å²) >= 11 is 0. The predicted molar refractivity (Wildman–Crippen MR) is 226 cm³/mol. The molecule has 0 aromatic heterocycles. The molecule has 3 rings (SSSR count). The molecule has 5 nitrogen and oxygen atoms in total. The summed E-state index contributed by atoms with van der Waals surface area (Å²) in [5.74, 6) is 1.23. The molecule has 2 aromatic rings. The van der Waals surface area contributed by atoms with Crippen molar-refractivity contribution in [2.24, 2.45) is 9.98 Å². The number of phenolic OH excluding ortho intramolecular Hbond substituents is 2. The van der Waals surface area contributed by atoms with Gasteiger partial charge in [0.25, 0.3) is 0 Å². The molecule has 0 amide bonds. The summed E-state index contributed by atoms with van der Waals surface area (Å²) < 4.78 is 1.30. The summed E-state index contributed by atoms with van der Waals surface area (Å²) in [5, 5.41) is 22.6. The van der Waals surface area contributed by atoms with Gasteiger partial charge in [-0.2, -0.15) is 0 Å². The fraction of sp³-hybridized carbons (Fsp3) is 0.702. The number of phenols is 2. The highest BCUT2D eigenvalue weighted by molar-refractivity contribution is 5.86. The minimum atomic E-state index is 0.0651. The van der Waals surface area contributed by atoms with Crippen LogP contribution >= 0.6 is 0 Å². The van der Waals surface area contributed by atoms with E-state index in [1.54, 1.807) is 0 Å². The molecule has 0 saturated heterocycles. The van der Waals surface area contributed by atoms with E-state index in [0.717, 1.165) is 60.8 Å². The molecule has 1 aliphatic carbocycles. The average molecular weight is 717 g/mol. The van der Waals surface area contributed by atoms with Crippen molar-refractivity contribution in [3.63, 3.8) is 0 Å². The Morgan fingerprint density at radius 2 is 0.962 bits per heavy atom. The van der Waals surface area contributed by atoms with Crippen LogP contribution in [0.3, 0.4) is 0 Å². The van der Waals surface area contributed by atoms with Crippen molar-refractivity contribution in [3.05, 3.63) is 57.6 Å². The molecule has 0 radical (unpaired) electrons. The van der Waals surface area contributed by atoms with E-state index < -0.39 is 0 Å². The number of nitrogens with zero attached hydrogens (tertiary/aromatic N) is 3. The molecule has 1 saturated carbocycles. The largest absolute Gasteiger partial charge is 0.507 e. The minimum absolute atomic E-state index is 0.0651. The highest BCUT2D eigenvalue weighted by atomic mass is 16.3. The van der Waals surface area contributed by atoms with Crippen molar-refractivity contribution in [1.82, 2.24) is 0 Å². The second kappa shape index (κ2) is 23.2. The summed E-state index contributed by atoms with van der Waals surface area (Å²) in [6, 6.07) is 8.89. The zero-order valence-corrected chi connectivity index (χ0v) is 34.9. The first-order chi connectivity index (χ1) is 25.1. The van der Waals surface area contributed by atoms with Crippen LogP contribution in [0.4, 0.5) is 0 Å². The molecule has 0 bridgehead atoms. The number of unbranched alkanes of at least 4 members (excludes halogenated alkanes) is 6. The maximum atomic E-state index is 11.4. The lowest BCUT2D eigenvalue weighted by Gasteiger charge is -2.39. The number of hydrogen-bond donors (Lipinski definition) is 2. The van der Waals surface area contributed by atoms with Crippen LogP contribution in [0.5, 0.6) is 11.5 Å². The highest BCUT2D eigenvalue weighted by Crippen LogP contribution is 2.33. The number of aromatic hydroxyl groups is 2. The zero-order valence-electron chi connectivity index (χ0n) is 34.9. The van der Waals surface area contributed by atoms with E-state index in [9.17, 15) is 10.2 Å². The van der Waals surface area contributed by atoms with E-state index in [2.05, 4.69) is 79.7 Å². The summed E-state index contributed by atoms with van der Waals surface area (Å²) in [6.07, 6.45) is 24.0. The van der Waals surface area contributed by atoms with Crippen molar-refractivity contribution in [2.75, 3.05) is 26.2 Å². The van der Waals surface area contributed by atoms with E-state index >= 15 is 0 Å². The molecular formula is C47H78N3O2+. The number of aliphatic imine (C=N–C) groups is 2. The van der Waals surface area contributed by atoms with E-state index in [0.29, 0.717) is 11.5 Å². The van der Waals surface area contributed by atoms with Crippen molar-refractivity contribution in [3.8, 4) is 11.5 Å². The van der Waals surface area contributed by atoms with Gasteiger partial charge in [-0.15, -0.1) is 0 Å². The van der Waals surface area contributed by atoms with Gasteiger partial charge in [0, 0.05) is 23.6 Å². The molecule has 52 heavy (non-hydrogen) atoms. The molecule has 2 atom stereocenters. The summed E-state index contributed by atoms with van der Waals surface area (Å²) in [7, 11) is 0. The first kappa shape index (κ1) is 43.7. The van der Waals surface area contributed by atoms with Gasteiger partial charge < -0.3 is 14.7 Å². The maximum Gasteiger partial charge on any atom is 0.127 e. The summed E-state index contributed by atoms with van der Waals surface area (Å²) in [4.78, 5) is 10.2. The SMILES string of the molecule is CCCCCc1cc(C=NC2CCCCC2N=Cc2cc(CCCC[N+](CCCC)(CCCC)CCCC)cc(C(C)C)c2O)c(O)c(C(C)C)c1. The highest BCUT2D eigenvalue weighted by Gasteiger charge is 2.26. The normalized spacial score (nSPS) is 17.0. The van der Waals surface area contributed by atoms with Crippen LogP contribution in [-0.4, -0.2) is 65.4 Å². The number of benzene rings is 2. The lowest BCUT2D eigenvalue weighted by Crippen LogP contribution is -2.50. The Labute approximate surface area is 320 Å². The molecule has 5 heteroatoms. The Bertz CT molecular complexity index is 1360. The number of aryl methyl sites for hydroxylation is 2. The third kappa shape index (κ3) is 13.6. The third-order valence-electron chi connectivity index (χ3n) is 11.6. The molecule has 292 valence electrons. The molecule has 0 aliphatic heterocycles. The molecule has 2 N–H and O–H groups in total. The number of quaternary nitrogens is 1. The molecule has 1 fully saturated rings. The van der Waals surface area contributed by atoms with Crippen LogP contribution in [-0.2, 0) is 12.8 Å². The van der Waals surface area contributed by atoms with Crippen molar-refractivity contribution >= 4 is 12.4 Å². The fourth-order valence-corrected chi connectivity index (χ4v) is 8.15. The fourth-order valence-electron chi connectivity index (χ4n) is 8.15. The summed E-state index contributed by atoms with van der Waals surface area (Å²) in [6.45, 7) is 23.1. The van der Waals surface area contributed by atoms with E-state index in [1.165, 1.54) is 112 Å². The molecule has 0 spiro atoms. The van der Waals surface area contributed by atoms with Crippen LogP contribution in [0.25, 0.3) is 0 Å². The molecular weight excluding hydrogens is 639 g/mol. The Morgan fingerprint density at radius 3 is 1.35 bits per heavy atom.